The van der Waals surface area contributed by atoms with Crippen LogP contribution in [-0.2, 0) is 16.8 Å². The van der Waals surface area contributed by atoms with Crippen molar-refractivity contribution in [2.75, 3.05) is 7.05 Å². The van der Waals surface area contributed by atoms with Gasteiger partial charge in [0.2, 0.25) is 5.95 Å². The van der Waals surface area contributed by atoms with Crippen LogP contribution >= 0.6 is 0 Å². The summed E-state index contributed by atoms with van der Waals surface area (Å²) in [4.78, 5) is 8.69. The summed E-state index contributed by atoms with van der Waals surface area (Å²) in [5, 5.41) is 3.94. The van der Waals surface area contributed by atoms with Crippen molar-refractivity contribution >= 4 is 17.0 Å². The zero-order valence-corrected chi connectivity index (χ0v) is 20.6. The van der Waals surface area contributed by atoms with Crippen LogP contribution < -0.4 is 0 Å². The normalized spacial score (nSPS) is 20.1. The third-order valence-corrected chi connectivity index (χ3v) is 7.94. The van der Waals surface area contributed by atoms with Gasteiger partial charge in [0.05, 0.1) is 5.69 Å². The maximum Gasteiger partial charge on any atom is 0.412 e. The number of rotatable bonds is 4. The summed E-state index contributed by atoms with van der Waals surface area (Å²) in [6.45, 7) is 8.91. The van der Waals surface area contributed by atoms with Gasteiger partial charge in [0.15, 0.2) is 11.7 Å². The average Bonchev–Trinajstić information content (AvgIpc) is 3.22. The highest BCUT2D eigenvalue weighted by Gasteiger charge is 2.50. The van der Waals surface area contributed by atoms with Crippen LogP contribution in [0.1, 0.15) is 75.5 Å². The summed E-state index contributed by atoms with van der Waals surface area (Å²) < 4.78 is 70.0. The lowest BCUT2D eigenvalue weighted by atomic mass is 9.88. The third-order valence-electron chi connectivity index (χ3n) is 6.15. The van der Waals surface area contributed by atoms with Crippen molar-refractivity contribution in [2.24, 2.45) is 0 Å². The van der Waals surface area contributed by atoms with Gasteiger partial charge in [-0.1, -0.05) is 19.9 Å². The Bertz CT molecular complexity index is 1200. The first kappa shape index (κ1) is 24.9. The topological polar surface area (TPSA) is 69.4 Å². The van der Waals surface area contributed by atoms with E-state index in [1.807, 2.05) is 13.8 Å². The van der Waals surface area contributed by atoms with Crippen LogP contribution in [0.4, 0.5) is 17.6 Å². The molecule has 3 atom stereocenters. The van der Waals surface area contributed by atoms with Gasteiger partial charge >= 0.3 is 6.18 Å². The van der Waals surface area contributed by atoms with E-state index < -0.39 is 34.3 Å². The molecule has 0 bridgehead atoms. The summed E-state index contributed by atoms with van der Waals surface area (Å²) >= 11 is -1.88. The maximum absolute atomic E-state index is 14.0. The van der Waals surface area contributed by atoms with Gasteiger partial charge in [0.1, 0.15) is 4.75 Å². The largest absolute Gasteiger partial charge is 0.597 e. The minimum Gasteiger partial charge on any atom is -0.597 e. The van der Waals surface area contributed by atoms with Gasteiger partial charge in [0, 0.05) is 65.0 Å². The second-order valence-corrected chi connectivity index (χ2v) is 12.6. The van der Waals surface area contributed by atoms with E-state index in [2.05, 4.69) is 15.1 Å². The lowest BCUT2D eigenvalue weighted by molar-refractivity contribution is -0.171. The Morgan fingerprint density at radius 3 is 2.41 bits per heavy atom. The van der Waals surface area contributed by atoms with Crippen LogP contribution in [-0.4, -0.2) is 46.4 Å². The van der Waals surface area contributed by atoms with E-state index in [9.17, 15) is 22.1 Å². The number of hydrogen-bond donors (Lipinski definition) is 0. The molecular formula is C23H27F4N5OS. The fraction of sp³-hybridized carbons (Fsp3) is 0.522. The quantitative estimate of drug-likeness (QED) is 0.372. The standard InChI is InChI=1S/C23H27F4N5OS/c1-21(2,3)34(33)31(6)19(23(25,26)27)13-7-8-16(28-11-13)14-10-22(4,5)20-15(14)12-29-18-9-17(24)30-32(18)20/h7-9,11-12,14,19H,10H2,1-6H3/t14?,19-,34+/m0/s1. The molecule has 34 heavy (non-hydrogen) atoms. The average molecular weight is 498 g/mol. The fourth-order valence-electron chi connectivity index (χ4n) is 4.75. The second kappa shape index (κ2) is 8.17. The van der Waals surface area contributed by atoms with Gasteiger partial charge in [-0.3, -0.25) is 4.98 Å². The molecule has 3 aromatic rings. The molecule has 0 aromatic carbocycles. The number of aromatic nitrogens is 4. The number of halogens is 4. The summed E-state index contributed by atoms with van der Waals surface area (Å²) in [5.74, 6) is -0.855. The van der Waals surface area contributed by atoms with Gasteiger partial charge in [0.25, 0.3) is 0 Å². The molecule has 0 amide bonds. The Labute approximate surface area is 198 Å². The molecule has 184 valence electrons. The van der Waals surface area contributed by atoms with Crippen LogP contribution in [0, 0.1) is 5.95 Å². The van der Waals surface area contributed by atoms with Crippen molar-refractivity contribution in [3.63, 3.8) is 0 Å². The number of hydrogen-bond acceptors (Lipinski definition) is 5. The molecule has 0 saturated carbocycles. The first-order chi connectivity index (χ1) is 15.6. The highest BCUT2D eigenvalue weighted by molar-refractivity contribution is 7.90. The molecule has 1 aliphatic rings. The first-order valence-electron chi connectivity index (χ1n) is 10.8. The van der Waals surface area contributed by atoms with Crippen LogP contribution in [0.15, 0.2) is 30.6 Å². The smallest absolute Gasteiger partial charge is 0.412 e. The van der Waals surface area contributed by atoms with E-state index in [1.165, 1.54) is 29.9 Å². The monoisotopic (exact) mass is 497 g/mol. The number of pyridine rings is 1. The summed E-state index contributed by atoms with van der Waals surface area (Å²) in [7, 11) is 1.21. The van der Waals surface area contributed by atoms with Gasteiger partial charge in [-0.05, 0) is 33.3 Å². The van der Waals surface area contributed by atoms with E-state index in [1.54, 1.807) is 33.0 Å². The van der Waals surface area contributed by atoms with Crippen molar-refractivity contribution in [3.05, 3.63) is 59.1 Å². The first-order valence-corrected chi connectivity index (χ1v) is 11.9. The van der Waals surface area contributed by atoms with Gasteiger partial charge < -0.3 is 4.55 Å². The zero-order chi connectivity index (χ0) is 25.2. The Hall–Kier alpha value is -2.24. The Morgan fingerprint density at radius 1 is 1.18 bits per heavy atom. The van der Waals surface area contributed by atoms with Gasteiger partial charge in [-0.2, -0.15) is 17.6 Å². The summed E-state index contributed by atoms with van der Waals surface area (Å²) in [5.41, 5.74) is 2.15. The van der Waals surface area contributed by atoms with E-state index in [0.717, 1.165) is 15.6 Å². The minimum absolute atomic E-state index is 0.0865. The second-order valence-electron chi connectivity index (χ2n) is 10.3. The highest BCUT2D eigenvalue weighted by Crippen LogP contribution is 2.48. The molecule has 11 heteroatoms. The highest BCUT2D eigenvalue weighted by atomic mass is 32.2. The predicted octanol–water partition coefficient (Wildman–Crippen LogP) is 5.07. The SMILES string of the molecule is CN([C@@H](c1ccc(C2CC(C)(C)c3c2cnc2cc(F)nn32)nc1)C(F)(F)F)[S@+]([O-])C(C)(C)C. The Morgan fingerprint density at radius 2 is 1.85 bits per heavy atom. The molecule has 4 rings (SSSR count). The predicted molar refractivity (Wildman–Crippen MR) is 121 cm³/mol. The summed E-state index contributed by atoms with van der Waals surface area (Å²) in [6, 6.07) is 2.16. The molecule has 0 spiro atoms. The Kier molecular flexibility index (Phi) is 5.97. The molecule has 3 heterocycles. The molecule has 6 nitrogen and oxygen atoms in total. The molecule has 1 aliphatic carbocycles. The molecule has 3 aromatic heterocycles. The molecular weight excluding hydrogens is 470 g/mol. The third kappa shape index (κ3) is 4.29. The van der Waals surface area contributed by atoms with Gasteiger partial charge in [-0.25, -0.2) is 9.50 Å². The maximum atomic E-state index is 14.0. The Balaban J connectivity index is 1.71. The number of alkyl halides is 3. The summed E-state index contributed by atoms with van der Waals surface area (Å²) in [6.07, 6.45) is -1.15. The lowest BCUT2D eigenvalue weighted by Crippen LogP contribution is -2.46. The van der Waals surface area contributed by atoms with E-state index in [0.29, 0.717) is 17.8 Å². The van der Waals surface area contributed by atoms with Crippen LogP contribution in [0.2, 0.25) is 0 Å². The lowest BCUT2D eigenvalue weighted by Gasteiger charge is -2.35. The number of fused-ring (bicyclic) bond motifs is 3. The van der Waals surface area contributed by atoms with E-state index >= 15 is 0 Å². The van der Waals surface area contributed by atoms with Crippen LogP contribution in [0.3, 0.4) is 0 Å². The molecule has 0 radical (unpaired) electrons. The van der Waals surface area contributed by atoms with Crippen molar-refractivity contribution in [3.8, 4) is 0 Å². The van der Waals surface area contributed by atoms with Crippen molar-refractivity contribution in [1.29, 1.82) is 0 Å². The van der Waals surface area contributed by atoms with E-state index in [-0.39, 0.29) is 16.9 Å². The molecule has 0 N–H and O–H groups in total. The zero-order valence-electron chi connectivity index (χ0n) is 19.8. The molecule has 0 fully saturated rings. The van der Waals surface area contributed by atoms with Crippen molar-refractivity contribution in [2.45, 2.75) is 69.3 Å². The van der Waals surface area contributed by atoms with E-state index in [4.69, 9.17) is 0 Å². The fourth-order valence-corrected chi connectivity index (χ4v) is 6.05. The molecule has 0 saturated heterocycles. The van der Waals surface area contributed by atoms with Crippen molar-refractivity contribution < 1.29 is 22.1 Å². The molecule has 0 aliphatic heterocycles. The van der Waals surface area contributed by atoms with Gasteiger partial charge in [-0.15, -0.1) is 9.40 Å². The molecule has 1 unspecified atom stereocenters. The van der Waals surface area contributed by atoms with Crippen molar-refractivity contribution in [1.82, 2.24) is 23.9 Å². The van der Waals surface area contributed by atoms with Crippen LogP contribution in [0.25, 0.3) is 5.65 Å². The minimum atomic E-state index is -4.64. The number of nitrogens with zero attached hydrogens (tertiary/aromatic N) is 5. The van der Waals surface area contributed by atoms with Crippen LogP contribution in [0.5, 0.6) is 0 Å².